The molecule has 0 radical (unpaired) electrons. The number of hydrogen-bond donors (Lipinski definition) is 2. The highest BCUT2D eigenvalue weighted by Crippen LogP contribution is 2.33. The van der Waals surface area contributed by atoms with Gasteiger partial charge in [0.05, 0.1) is 20.8 Å². The van der Waals surface area contributed by atoms with Crippen molar-refractivity contribution in [2.45, 2.75) is 26.3 Å². The Kier molecular flexibility index (Phi) is 9.42. The van der Waals surface area contributed by atoms with E-state index in [1.807, 2.05) is 30.3 Å². The van der Waals surface area contributed by atoms with Gasteiger partial charge in [-0.2, -0.15) is 0 Å². The standard InChI is InChI=1S/C23H30N4O3.HI/c1-5-16-7-6-8-19(11-16)26-22(28)14-25-23(24-2)27-10-9-17-12-20(29-3)21(30-4)13-18(17)15-27;/h6-8,11-13H,5,9-10,14-15H2,1-4H3,(H,24,25)(H,26,28);1H. The van der Waals surface area contributed by atoms with Gasteiger partial charge in [-0.15, -0.1) is 24.0 Å². The molecule has 8 heteroatoms. The minimum atomic E-state index is -0.104. The van der Waals surface area contributed by atoms with Crippen molar-refractivity contribution in [3.63, 3.8) is 0 Å². The van der Waals surface area contributed by atoms with E-state index < -0.39 is 0 Å². The second-order valence-corrected chi connectivity index (χ2v) is 7.15. The molecule has 0 bridgehead atoms. The molecule has 0 unspecified atom stereocenters. The zero-order valence-corrected chi connectivity index (χ0v) is 20.9. The number of nitrogens with one attached hydrogen (secondary N) is 2. The van der Waals surface area contributed by atoms with E-state index >= 15 is 0 Å². The highest BCUT2D eigenvalue weighted by Gasteiger charge is 2.22. The molecule has 0 saturated heterocycles. The molecular weight excluding hydrogens is 507 g/mol. The highest BCUT2D eigenvalue weighted by molar-refractivity contribution is 14.0. The Hall–Kier alpha value is -2.49. The predicted molar refractivity (Wildman–Crippen MR) is 135 cm³/mol. The summed E-state index contributed by atoms with van der Waals surface area (Å²) in [5.74, 6) is 2.06. The molecule has 2 N–H and O–H groups in total. The van der Waals surface area contributed by atoms with Crippen LogP contribution in [0.2, 0.25) is 0 Å². The Morgan fingerprint density at radius 2 is 1.84 bits per heavy atom. The average Bonchev–Trinajstić information content (AvgIpc) is 2.78. The molecule has 1 heterocycles. The second-order valence-electron chi connectivity index (χ2n) is 7.15. The first-order valence-corrected chi connectivity index (χ1v) is 10.2. The van der Waals surface area contributed by atoms with E-state index in [2.05, 4.69) is 33.5 Å². The van der Waals surface area contributed by atoms with Crippen molar-refractivity contribution in [3.05, 3.63) is 53.1 Å². The van der Waals surface area contributed by atoms with E-state index in [-0.39, 0.29) is 36.4 Å². The third-order valence-electron chi connectivity index (χ3n) is 5.26. The van der Waals surface area contributed by atoms with Crippen molar-refractivity contribution in [2.24, 2.45) is 4.99 Å². The average molecular weight is 538 g/mol. The molecule has 3 rings (SSSR count). The Balaban J connectivity index is 0.00000341. The smallest absolute Gasteiger partial charge is 0.243 e. The topological polar surface area (TPSA) is 75.2 Å². The van der Waals surface area contributed by atoms with Crippen LogP contribution in [0.4, 0.5) is 5.69 Å². The minimum absolute atomic E-state index is 0. The molecule has 2 aromatic carbocycles. The van der Waals surface area contributed by atoms with Crippen molar-refractivity contribution in [2.75, 3.05) is 39.7 Å². The molecule has 7 nitrogen and oxygen atoms in total. The largest absolute Gasteiger partial charge is 0.493 e. The summed E-state index contributed by atoms with van der Waals surface area (Å²) in [7, 11) is 5.02. The highest BCUT2D eigenvalue weighted by atomic mass is 127. The van der Waals surface area contributed by atoms with Gasteiger partial charge < -0.3 is 25.0 Å². The first kappa shape index (κ1) is 24.8. The third kappa shape index (κ3) is 6.25. The molecule has 0 saturated carbocycles. The van der Waals surface area contributed by atoms with Crippen LogP contribution in [0.1, 0.15) is 23.6 Å². The van der Waals surface area contributed by atoms with E-state index in [9.17, 15) is 4.79 Å². The number of carbonyl (C=O) groups excluding carboxylic acids is 1. The van der Waals surface area contributed by atoms with Crippen LogP contribution in [-0.4, -0.2) is 51.1 Å². The van der Waals surface area contributed by atoms with Crippen LogP contribution in [0.25, 0.3) is 0 Å². The van der Waals surface area contributed by atoms with E-state index in [0.29, 0.717) is 12.5 Å². The zero-order chi connectivity index (χ0) is 21.5. The van der Waals surface area contributed by atoms with Crippen LogP contribution in [0, 0.1) is 0 Å². The number of aryl methyl sites for hydroxylation is 1. The molecule has 1 aliphatic rings. The first-order valence-electron chi connectivity index (χ1n) is 10.2. The lowest BCUT2D eigenvalue weighted by Crippen LogP contribution is -2.46. The molecule has 0 aliphatic carbocycles. The number of guanidine groups is 1. The summed E-state index contributed by atoms with van der Waals surface area (Å²) in [5, 5.41) is 6.11. The van der Waals surface area contributed by atoms with Crippen molar-refractivity contribution < 1.29 is 14.3 Å². The molecule has 0 atom stereocenters. The summed E-state index contributed by atoms with van der Waals surface area (Å²) >= 11 is 0. The van der Waals surface area contributed by atoms with E-state index in [1.165, 1.54) is 16.7 Å². The van der Waals surface area contributed by atoms with Crippen molar-refractivity contribution >= 4 is 41.5 Å². The van der Waals surface area contributed by atoms with Gasteiger partial charge in [0.15, 0.2) is 17.5 Å². The van der Waals surface area contributed by atoms with Crippen molar-refractivity contribution in [1.82, 2.24) is 10.2 Å². The monoisotopic (exact) mass is 538 g/mol. The predicted octanol–water partition coefficient (Wildman–Crippen LogP) is 3.46. The third-order valence-corrected chi connectivity index (χ3v) is 5.26. The van der Waals surface area contributed by atoms with Gasteiger partial charge in [0, 0.05) is 25.8 Å². The number of rotatable bonds is 6. The van der Waals surface area contributed by atoms with Gasteiger partial charge in [0.2, 0.25) is 5.91 Å². The number of halogens is 1. The Bertz CT molecular complexity index is 933. The van der Waals surface area contributed by atoms with Gasteiger partial charge in [0.25, 0.3) is 0 Å². The van der Waals surface area contributed by atoms with Crippen LogP contribution in [0.15, 0.2) is 41.4 Å². The number of ether oxygens (including phenoxy) is 2. The lowest BCUT2D eigenvalue weighted by Gasteiger charge is -2.32. The van der Waals surface area contributed by atoms with E-state index in [0.717, 1.165) is 36.6 Å². The summed E-state index contributed by atoms with van der Waals surface area (Å²) < 4.78 is 10.8. The zero-order valence-electron chi connectivity index (χ0n) is 18.5. The van der Waals surface area contributed by atoms with Gasteiger partial charge in [-0.05, 0) is 53.8 Å². The molecule has 2 aromatic rings. The second kappa shape index (κ2) is 11.8. The van der Waals surface area contributed by atoms with Gasteiger partial charge in [-0.1, -0.05) is 19.1 Å². The summed E-state index contributed by atoms with van der Waals surface area (Å²) in [4.78, 5) is 18.9. The quantitative estimate of drug-likeness (QED) is 0.335. The molecule has 1 aliphatic heterocycles. The number of fused-ring (bicyclic) bond motifs is 1. The molecule has 0 spiro atoms. The Labute approximate surface area is 201 Å². The maximum Gasteiger partial charge on any atom is 0.243 e. The number of benzene rings is 2. The summed E-state index contributed by atoms with van der Waals surface area (Å²) in [6.07, 6.45) is 1.80. The summed E-state index contributed by atoms with van der Waals surface area (Å²) in [6, 6.07) is 12.0. The minimum Gasteiger partial charge on any atom is -0.493 e. The Morgan fingerprint density at radius 3 is 2.48 bits per heavy atom. The number of amides is 1. The lowest BCUT2D eigenvalue weighted by molar-refractivity contribution is -0.115. The molecule has 31 heavy (non-hydrogen) atoms. The molecule has 0 aromatic heterocycles. The maximum atomic E-state index is 12.4. The lowest BCUT2D eigenvalue weighted by atomic mass is 9.99. The number of anilines is 1. The number of methoxy groups -OCH3 is 2. The van der Waals surface area contributed by atoms with Crippen LogP contribution >= 0.6 is 24.0 Å². The first-order chi connectivity index (χ1) is 14.6. The summed E-state index contributed by atoms with van der Waals surface area (Å²) in [5.41, 5.74) is 4.41. The number of hydrogen-bond acceptors (Lipinski definition) is 4. The number of aliphatic imine (C=N–C) groups is 1. The fourth-order valence-corrected chi connectivity index (χ4v) is 3.63. The van der Waals surface area contributed by atoms with Gasteiger partial charge in [-0.3, -0.25) is 9.79 Å². The molecule has 0 fully saturated rings. The molecule has 1 amide bonds. The van der Waals surface area contributed by atoms with Crippen LogP contribution in [-0.2, 0) is 24.2 Å². The fraction of sp³-hybridized carbons (Fsp3) is 0.391. The van der Waals surface area contributed by atoms with Crippen molar-refractivity contribution in [1.29, 1.82) is 0 Å². The van der Waals surface area contributed by atoms with Crippen molar-refractivity contribution in [3.8, 4) is 11.5 Å². The maximum absolute atomic E-state index is 12.4. The molecular formula is C23H31IN4O3. The van der Waals surface area contributed by atoms with E-state index in [1.54, 1.807) is 21.3 Å². The van der Waals surface area contributed by atoms with E-state index in [4.69, 9.17) is 9.47 Å². The van der Waals surface area contributed by atoms with Gasteiger partial charge in [-0.25, -0.2) is 0 Å². The Morgan fingerprint density at radius 1 is 1.13 bits per heavy atom. The van der Waals surface area contributed by atoms with Gasteiger partial charge >= 0.3 is 0 Å². The van der Waals surface area contributed by atoms with Crippen LogP contribution < -0.4 is 20.1 Å². The van der Waals surface area contributed by atoms with Crippen LogP contribution in [0.5, 0.6) is 11.5 Å². The normalized spacial score (nSPS) is 13.0. The summed E-state index contributed by atoms with van der Waals surface area (Å²) in [6.45, 7) is 3.74. The number of carbonyl (C=O) groups is 1. The fourth-order valence-electron chi connectivity index (χ4n) is 3.63. The van der Waals surface area contributed by atoms with Crippen LogP contribution in [0.3, 0.4) is 0 Å². The number of nitrogens with zero attached hydrogens (tertiary/aromatic N) is 2. The molecule has 168 valence electrons. The van der Waals surface area contributed by atoms with Gasteiger partial charge in [0.1, 0.15) is 0 Å². The SMILES string of the molecule is CCc1cccc(NC(=O)CNC(=NC)N2CCc3cc(OC)c(OC)cc3C2)c1.I.